The molecule has 0 aliphatic carbocycles. The summed E-state index contributed by atoms with van der Waals surface area (Å²) in [5.74, 6) is 0.00224. The van der Waals surface area contributed by atoms with Crippen LogP contribution in [0.3, 0.4) is 0 Å². The summed E-state index contributed by atoms with van der Waals surface area (Å²) in [6.45, 7) is 3.37. The van der Waals surface area contributed by atoms with E-state index in [1.807, 2.05) is 35.8 Å². The van der Waals surface area contributed by atoms with Gasteiger partial charge in [0.15, 0.2) is 5.69 Å². The first-order valence-corrected chi connectivity index (χ1v) is 7.33. The van der Waals surface area contributed by atoms with Crippen molar-refractivity contribution in [3.8, 4) is 0 Å². The number of hydrogen-bond donors (Lipinski definition) is 0. The van der Waals surface area contributed by atoms with Gasteiger partial charge in [0.05, 0.1) is 16.7 Å². The van der Waals surface area contributed by atoms with Crippen LogP contribution in [0, 0.1) is 6.92 Å². The molecule has 1 unspecified atom stereocenters. The van der Waals surface area contributed by atoms with E-state index in [4.69, 9.17) is 0 Å². The number of halogens is 1. The minimum Gasteiger partial charge on any atom is -0.335 e. The Morgan fingerprint density at radius 3 is 2.90 bits per heavy atom. The van der Waals surface area contributed by atoms with E-state index in [9.17, 15) is 4.79 Å². The Kier molecular flexibility index (Phi) is 3.37. The van der Waals surface area contributed by atoms with Crippen LogP contribution in [0.4, 0.5) is 0 Å². The molecule has 2 aromatic heterocycles. The number of aryl methyl sites for hydroxylation is 2. The number of hydrogen-bond acceptors (Lipinski definition) is 3. The van der Waals surface area contributed by atoms with E-state index in [2.05, 4.69) is 26.1 Å². The normalized spacial score (nSPS) is 18.8. The molecule has 0 aromatic carbocycles. The van der Waals surface area contributed by atoms with Crippen molar-refractivity contribution in [3.63, 3.8) is 0 Å². The highest BCUT2D eigenvalue weighted by Crippen LogP contribution is 2.23. The molecule has 0 N–H and O–H groups in total. The zero-order chi connectivity index (χ0) is 14.3. The Balaban J connectivity index is 1.72. The van der Waals surface area contributed by atoms with Gasteiger partial charge in [-0.1, -0.05) is 0 Å². The maximum Gasteiger partial charge on any atom is 0.274 e. The molecule has 1 aliphatic rings. The molecule has 0 spiro atoms. The fourth-order valence-corrected chi connectivity index (χ4v) is 2.79. The van der Waals surface area contributed by atoms with Gasteiger partial charge in [-0.05, 0) is 35.3 Å². The van der Waals surface area contributed by atoms with Gasteiger partial charge in [0.2, 0.25) is 0 Å². The number of likely N-dealkylation sites (tertiary alicyclic amines) is 1. The monoisotopic (exact) mass is 337 g/mol. The zero-order valence-corrected chi connectivity index (χ0v) is 13.0. The van der Waals surface area contributed by atoms with Crippen LogP contribution in [0.1, 0.15) is 28.6 Å². The Labute approximate surface area is 125 Å². The second-order valence-electron chi connectivity index (χ2n) is 5.13. The van der Waals surface area contributed by atoms with Crippen molar-refractivity contribution in [1.82, 2.24) is 24.5 Å². The smallest absolute Gasteiger partial charge is 0.274 e. The van der Waals surface area contributed by atoms with Gasteiger partial charge in [-0.2, -0.15) is 10.2 Å². The van der Waals surface area contributed by atoms with Gasteiger partial charge in [-0.3, -0.25) is 14.2 Å². The third kappa shape index (κ3) is 2.37. The number of nitrogens with zero attached hydrogens (tertiary/aromatic N) is 5. The lowest BCUT2D eigenvalue weighted by Gasteiger charge is -2.15. The van der Waals surface area contributed by atoms with Crippen LogP contribution in [0.15, 0.2) is 22.9 Å². The predicted octanol–water partition coefficient (Wildman–Crippen LogP) is 1.77. The number of carbonyl (C=O) groups is 1. The van der Waals surface area contributed by atoms with Crippen molar-refractivity contribution in [2.24, 2.45) is 7.05 Å². The molecule has 6 nitrogen and oxygen atoms in total. The summed E-state index contributed by atoms with van der Waals surface area (Å²) in [4.78, 5) is 14.3. The van der Waals surface area contributed by atoms with E-state index in [-0.39, 0.29) is 11.9 Å². The molecule has 1 atom stereocenters. The second-order valence-corrected chi connectivity index (χ2v) is 6.04. The highest BCUT2D eigenvalue weighted by molar-refractivity contribution is 9.10. The van der Waals surface area contributed by atoms with Crippen LogP contribution >= 0.6 is 15.9 Å². The summed E-state index contributed by atoms with van der Waals surface area (Å²) < 4.78 is 4.61. The molecule has 20 heavy (non-hydrogen) atoms. The largest absolute Gasteiger partial charge is 0.335 e. The Bertz CT molecular complexity index is 627. The summed E-state index contributed by atoms with van der Waals surface area (Å²) in [6, 6.07) is 2.08. The third-order valence-corrected chi connectivity index (χ3v) is 4.14. The van der Waals surface area contributed by atoms with Gasteiger partial charge in [-0.25, -0.2) is 0 Å². The van der Waals surface area contributed by atoms with E-state index in [0.717, 1.165) is 23.1 Å². The van der Waals surface area contributed by atoms with Gasteiger partial charge >= 0.3 is 0 Å². The molecule has 7 heteroatoms. The first-order valence-electron chi connectivity index (χ1n) is 6.54. The first kappa shape index (κ1) is 13.4. The van der Waals surface area contributed by atoms with Crippen LogP contribution in [0.25, 0.3) is 0 Å². The van der Waals surface area contributed by atoms with Crippen LogP contribution in [-0.4, -0.2) is 43.5 Å². The minimum atomic E-state index is 0.00224. The van der Waals surface area contributed by atoms with Crippen LogP contribution in [0.2, 0.25) is 0 Å². The maximum atomic E-state index is 12.4. The summed E-state index contributed by atoms with van der Waals surface area (Å²) in [6.07, 6.45) is 4.64. The lowest BCUT2D eigenvalue weighted by atomic mass is 10.3. The van der Waals surface area contributed by atoms with Gasteiger partial charge in [0.25, 0.3) is 5.91 Å². The average Bonchev–Trinajstić information content (AvgIpc) is 3.10. The molecule has 1 fully saturated rings. The summed E-state index contributed by atoms with van der Waals surface area (Å²) >= 11 is 3.39. The molecule has 1 amide bonds. The van der Waals surface area contributed by atoms with Gasteiger partial charge in [0.1, 0.15) is 0 Å². The third-order valence-electron chi connectivity index (χ3n) is 3.73. The molecular formula is C13H16BrN5O. The van der Waals surface area contributed by atoms with Gasteiger partial charge in [0, 0.05) is 32.0 Å². The van der Waals surface area contributed by atoms with Crippen molar-refractivity contribution in [2.75, 3.05) is 13.1 Å². The van der Waals surface area contributed by atoms with E-state index in [0.29, 0.717) is 12.2 Å². The average molecular weight is 338 g/mol. The second kappa shape index (κ2) is 5.05. The van der Waals surface area contributed by atoms with E-state index < -0.39 is 0 Å². The molecule has 106 valence electrons. The van der Waals surface area contributed by atoms with Crippen molar-refractivity contribution in [1.29, 1.82) is 0 Å². The number of aromatic nitrogens is 4. The van der Waals surface area contributed by atoms with Crippen LogP contribution in [0.5, 0.6) is 0 Å². The van der Waals surface area contributed by atoms with E-state index >= 15 is 0 Å². The quantitative estimate of drug-likeness (QED) is 0.839. The summed E-state index contributed by atoms with van der Waals surface area (Å²) in [7, 11) is 1.85. The Morgan fingerprint density at radius 2 is 2.30 bits per heavy atom. The van der Waals surface area contributed by atoms with Crippen molar-refractivity contribution >= 4 is 21.8 Å². The highest BCUT2D eigenvalue weighted by Gasteiger charge is 2.29. The van der Waals surface area contributed by atoms with Gasteiger partial charge in [-0.15, -0.1) is 0 Å². The lowest BCUT2D eigenvalue weighted by molar-refractivity contribution is 0.0780. The molecule has 0 bridgehead atoms. The van der Waals surface area contributed by atoms with Crippen LogP contribution < -0.4 is 0 Å². The fourth-order valence-electron chi connectivity index (χ4n) is 2.48. The molecule has 0 saturated carbocycles. The van der Waals surface area contributed by atoms with Crippen molar-refractivity contribution < 1.29 is 4.79 Å². The Morgan fingerprint density at radius 1 is 1.50 bits per heavy atom. The SMILES string of the molecule is Cc1cc(C(=O)N2CCC(n3cc(Br)cn3)C2)nn1C. The topological polar surface area (TPSA) is 56.0 Å². The molecule has 1 aliphatic heterocycles. The summed E-state index contributed by atoms with van der Waals surface area (Å²) in [5, 5.41) is 8.55. The standard InChI is InChI=1S/C13H16BrN5O/c1-9-5-12(16-17(9)2)13(20)18-4-3-11(8-18)19-7-10(14)6-15-19/h5-7,11H,3-4,8H2,1-2H3. The number of carbonyl (C=O) groups excluding carboxylic acids is 1. The molecule has 3 heterocycles. The molecule has 1 saturated heterocycles. The maximum absolute atomic E-state index is 12.4. The zero-order valence-electron chi connectivity index (χ0n) is 11.5. The molecule has 0 radical (unpaired) electrons. The van der Waals surface area contributed by atoms with E-state index in [1.165, 1.54) is 0 Å². The first-order chi connectivity index (χ1) is 9.54. The molecule has 2 aromatic rings. The fraction of sp³-hybridized carbons (Fsp3) is 0.462. The summed E-state index contributed by atoms with van der Waals surface area (Å²) in [5.41, 5.74) is 1.51. The van der Waals surface area contributed by atoms with E-state index in [1.54, 1.807) is 10.9 Å². The lowest BCUT2D eigenvalue weighted by Crippen LogP contribution is -2.29. The highest BCUT2D eigenvalue weighted by atomic mass is 79.9. The van der Waals surface area contributed by atoms with Crippen molar-refractivity contribution in [3.05, 3.63) is 34.3 Å². The predicted molar refractivity (Wildman–Crippen MR) is 77.4 cm³/mol. The van der Waals surface area contributed by atoms with Crippen molar-refractivity contribution in [2.45, 2.75) is 19.4 Å². The molecular weight excluding hydrogens is 322 g/mol. The number of amides is 1. The molecule has 3 rings (SSSR count). The number of rotatable bonds is 2. The van der Waals surface area contributed by atoms with Crippen LogP contribution in [-0.2, 0) is 7.05 Å². The minimum absolute atomic E-state index is 0.00224. The Hall–Kier alpha value is -1.63. The van der Waals surface area contributed by atoms with Gasteiger partial charge < -0.3 is 4.90 Å².